The van der Waals surface area contributed by atoms with E-state index in [1.54, 1.807) is 0 Å². The molecule has 0 radical (unpaired) electrons. The van der Waals surface area contributed by atoms with Crippen molar-refractivity contribution in [1.29, 1.82) is 0 Å². The minimum absolute atomic E-state index is 0.0550. The van der Waals surface area contributed by atoms with Crippen molar-refractivity contribution in [1.82, 2.24) is 14.9 Å². The third-order valence-electron chi connectivity index (χ3n) is 6.17. The molecular weight excluding hydrogens is 414 g/mol. The van der Waals surface area contributed by atoms with Crippen LogP contribution in [-0.4, -0.2) is 34.8 Å². The van der Waals surface area contributed by atoms with Crippen LogP contribution in [0.4, 0.5) is 0 Å². The van der Waals surface area contributed by atoms with E-state index in [-0.39, 0.29) is 23.5 Å². The standard InChI is InChI=1S/C27H35N3O3/c1-19(28-26(31)24-11-7-17-33-24)25-29-22-9-5-6-10-23(22)30(25)16-8-18-32-21-14-12-20(13-15-21)27(2,3)4/h5-6,9-10,12-15,19,24H,7-8,11,16-18H2,1-4H3,(H,28,31). The fourth-order valence-electron chi connectivity index (χ4n) is 4.28. The Hall–Kier alpha value is -2.86. The summed E-state index contributed by atoms with van der Waals surface area (Å²) in [7, 11) is 0. The maximum Gasteiger partial charge on any atom is 0.249 e. The number of carbonyl (C=O) groups excluding carboxylic acids is 1. The van der Waals surface area contributed by atoms with Crippen LogP contribution >= 0.6 is 0 Å². The lowest BCUT2D eigenvalue weighted by Gasteiger charge is -2.19. The van der Waals surface area contributed by atoms with Crippen LogP contribution in [0, 0.1) is 0 Å². The number of hydrogen-bond donors (Lipinski definition) is 1. The number of fused-ring (bicyclic) bond motifs is 1. The molecule has 3 aromatic rings. The van der Waals surface area contributed by atoms with Gasteiger partial charge in [0.05, 0.1) is 23.7 Å². The highest BCUT2D eigenvalue weighted by Gasteiger charge is 2.26. The molecule has 2 aromatic carbocycles. The molecule has 33 heavy (non-hydrogen) atoms. The van der Waals surface area contributed by atoms with Gasteiger partial charge in [-0.1, -0.05) is 45.0 Å². The van der Waals surface area contributed by atoms with E-state index in [9.17, 15) is 4.79 Å². The van der Waals surface area contributed by atoms with Gasteiger partial charge >= 0.3 is 0 Å². The molecule has 6 nitrogen and oxygen atoms in total. The molecule has 1 N–H and O–H groups in total. The average Bonchev–Trinajstić information content (AvgIpc) is 3.45. The number of nitrogens with zero attached hydrogens (tertiary/aromatic N) is 2. The van der Waals surface area contributed by atoms with Crippen LogP contribution in [0.5, 0.6) is 5.75 Å². The number of amides is 1. The van der Waals surface area contributed by atoms with Crippen molar-refractivity contribution in [2.45, 2.75) is 71.1 Å². The summed E-state index contributed by atoms with van der Waals surface area (Å²) in [4.78, 5) is 17.4. The van der Waals surface area contributed by atoms with Crippen LogP contribution in [0.2, 0.25) is 0 Å². The van der Waals surface area contributed by atoms with Crippen molar-refractivity contribution in [2.75, 3.05) is 13.2 Å². The van der Waals surface area contributed by atoms with E-state index in [1.807, 2.05) is 37.3 Å². The number of rotatable bonds is 8. The molecule has 1 aromatic heterocycles. The SMILES string of the molecule is CC(NC(=O)C1CCCO1)c1nc2ccccc2n1CCCOc1ccc(C(C)(C)C)cc1. The Bertz CT molecular complexity index is 1080. The van der Waals surface area contributed by atoms with E-state index in [1.165, 1.54) is 5.56 Å². The molecule has 0 aliphatic carbocycles. The number of imidazole rings is 1. The Morgan fingerprint density at radius 1 is 1.21 bits per heavy atom. The maximum absolute atomic E-state index is 12.6. The molecule has 1 amide bonds. The van der Waals surface area contributed by atoms with Crippen LogP contribution < -0.4 is 10.1 Å². The van der Waals surface area contributed by atoms with Gasteiger partial charge < -0.3 is 19.4 Å². The summed E-state index contributed by atoms with van der Waals surface area (Å²) in [6.07, 6.45) is 2.21. The number of benzene rings is 2. The quantitative estimate of drug-likeness (QED) is 0.483. The van der Waals surface area contributed by atoms with Crippen molar-refractivity contribution in [3.63, 3.8) is 0 Å². The minimum Gasteiger partial charge on any atom is -0.494 e. The summed E-state index contributed by atoms with van der Waals surface area (Å²) in [6.45, 7) is 10.6. The fourth-order valence-corrected chi connectivity index (χ4v) is 4.28. The zero-order chi connectivity index (χ0) is 23.4. The summed E-state index contributed by atoms with van der Waals surface area (Å²) >= 11 is 0. The number of carbonyl (C=O) groups is 1. The third kappa shape index (κ3) is 5.56. The fraction of sp³-hybridized carbons (Fsp3) is 0.481. The van der Waals surface area contributed by atoms with Crippen LogP contribution in [0.15, 0.2) is 48.5 Å². The Labute approximate surface area is 196 Å². The smallest absolute Gasteiger partial charge is 0.249 e. The van der Waals surface area contributed by atoms with Gasteiger partial charge in [-0.05, 0) is 61.4 Å². The molecule has 176 valence electrons. The predicted molar refractivity (Wildman–Crippen MR) is 131 cm³/mol. The van der Waals surface area contributed by atoms with Crippen molar-refractivity contribution in [3.8, 4) is 5.75 Å². The molecule has 1 aliphatic heterocycles. The van der Waals surface area contributed by atoms with E-state index in [0.29, 0.717) is 13.2 Å². The van der Waals surface area contributed by atoms with E-state index in [2.05, 4.69) is 48.9 Å². The first-order valence-corrected chi connectivity index (χ1v) is 11.9. The van der Waals surface area contributed by atoms with Gasteiger partial charge in [0, 0.05) is 13.2 Å². The molecule has 1 fully saturated rings. The molecule has 2 unspecified atom stereocenters. The van der Waals surface area contributed by atoms with Crippen molar-refractivity contribution in [3.05, 3.63) is 59.9 Å². The van der Waals surface area contributed by atoms with Gasteiger partial charge in [-0.3, -0.25) is 4.79 Å². The zero-order valence-corrected chi connectivity index (χ0v) is 20.1. The lowest BCUT2D eigenvalue weighted by molar-refractivity contribution is -0.130. The lowest BCUT2D eigenvalue weighted by Crippen LogP contribution is -2.36. The first-order chi connectivity index (χ1) is 15.8. The third-order valence-corrected chi connectivity index (χ3v) is 6.17. The number of aromatic nitrogens is 2. The van der Waals surface area contributed by atoms with Crippen molar-refractivity contribution >= 4 is 16.9 Å². The molecule has 2 heterocycles. The maximum atomic E-state index is 12.6. The highest BCUT2D eigenvalue weighted by molar-refractivity contribution is 5.81. The summed E-state index contributed by atoms with van der Waals surface area (Å²) in [5.74, 6) is 1.69. The van der Waals surface area contributed by atoms with Crippen LogP contribution in [0.3, 0.4) is 0 Å². The molecule has 0 saturated carbocycles. The normalized spacial score (nSPS) is 17.3. The van der Waals surface area contributed by atoms with Gasteiger partial charge in [-0.2, -0.15) is 0 Å². The highest BCUT2D eigenvalue weighted by atomic mass is 16.5. The number of hydrogen-bond acceptors (Lipinski definition) is 4. The summed E-state index contributed by atoms with van der Waals surface area (Å²) in [5.41, 5.74) is 3.43. The monoisotopic (exact) mass is 449 g/mol. The lowest BCUT2D eigenvalue weighted by atomic mass is 9.87. The molecule has 1 saturated heterocycles. The van der Waals surface area contributed by atoms with Gasteiger partial charge in [0.25, 0.3) is 0 Å². The zero-order valence-electron chi connectivity index (χ0n) is 20.1. The van der Waals surface area contributed by atoms with Gasteiger partial charge in [-0.15, -0.1) is 0 Å². The topological polar surface area (TPSA) is 65.4 Å². The molecule has 4 rings (SSSR count). The first-order valence-electron chi connectivity index (χ1n) is 11.9. The second-order valence-electron chi connectivity index (χ2n) is 9.82. The van der Waals surface area contributed by atoms with Crippen LogP contribution in [-0.2, 0) is 21.5 Å². The average molecular weight is 450 g/mol. The van der Waals surface area contributed by atoms with Crippen LogP contribution in [0.1, 0.15) is 64.4 Å². The second kappa shape index (κ2) is 9.96. The first kappa shape index (κ1) is 23.3. The van der Waals surface area contributed by atoms with E-state index in [0.717, 1.165) is 48.4 Å². The molecule has 1 aliphatic rings. The largest absolute Gasteiger partial charge is 0.494 e. The minimum atomic E-state index is -0.344. The Morgan fingerprint density at radius 2 is 1.97 bits per heavy atom. The van der Waals surface area contributed by atoms with Gasteiger partial charge in [0.2, 0.25) is 5.91 Å². The number of para-hydroxylation sites is 2. The number of nitrogens with one attached hydrogen (secondary N) is 1. The van der Waals surface area contributed by atoms with Gasteiger partial charge in [0.15, 0.2) is 0 Å². The molecule has 2 atom stereocenters. The van der Waals surface area contributed by atoms with E-state index in [4.69, 9.17) is 14.5 Å². The molecule has 0 spiro atoms. The highest BCUT2D eigenvalue weighted by Crippen LogP contribution is 2.25. The van der Waals surface area contributed by atoms with E-state index < -0.39 is 0 Å². The summed E-state index contributed by atoms with van der Waals surface area (Å²) in [5, 5.41) is 3.09. The Balaban J connectivity index is 1.40. The van der Waals surface area contributed by atoms with Gasteiger partial charge in [0.1, 0.15) is 17.7 Å². The summed E-state index contributed by atoms with van der Waals surface area (Å²) < 4.78 is 13.7. The van der Waals surface area contributed by atoms with Crippen molar-refractivity contribution in [2.24, 2.45) is 0 Å². The summed E-state index contributed by atoms with van der Waals surface area (Å²) in [6, 6.07) is 16.2. The number of ether oxygens (including phenoxy) is 2. The predicted octanol–water partition coefficient (Wildman–Crippen LogP) is 5.16. The molecule has 0 bridgehead atoms. The van der Waals surface area contributed by atoms with E-state index >= 15 is 0 Å². The molecule has 6 heteroatoms. The number of aryl methyl sites for hydroxylation is 1. The Kier molecular flexibility index (Phi) is 7.03. The Morgan fingerprint density at radius 3 is 2.67 bits per heavy atom. The van der Waals surface area contributed by atoms with Crippen molar-refractivity contribution < 1.29 is 14.3 Å². The van der Waals surface area contributed by atoms with Crippen LogP contribution in [0.25, 0.3) is 11.0 Å². The molecular formula is C27H35N3O3. The second-order valence-corrected chi connectivity index (χ2v) is 9.82. The van der Waals surface area contributed by atoms with Gasteiger partial charge in [-0.25, -0.2) is 4.98 Å².